The lowest BCUT2D eigenvalue weighted by molar-refractivity contribution is 0.0932. The fourth-order valence-electron chi connectivity index (χ4n) is 1.13. The summed E-state index contributed by atoms with van der Waals surface area (Å²) in [6.45, 7) is 3.49. The Morgan fingerprint density at radius 2 is 2.00 bits per heavy atom. The van der Waals surface area contributed by atoms with E-state index in [0.29, 0.717) is 5.56 Å². The number of carbonyl (C=O) groups excluding carboxylic acids is 1. The minimum atomic E-state index is -0.665. The van der Waals surface area contributed by atoms with Gasteiger partial charge in [-0.1, -0.05) is 23.4 Å². The number of rotatable bonds is 3. The molecule has 0 aliphatic rings. The standard InChI is InChI=1S/C11H14N2O2/c1-11(2,8-12-15)13-10(14)9-6-4-3-5-7-9/h3-8,15H,1-2H3,(H,13,14). The minimum absolute atomic E-state index is 0.194. The van der Waals surface area contributed by atoms with Crippen molar-refractivity contribution in [2.45, 2.75) is 19.4 Å². The Kier molecular flexibility index (Phi) is 3.44. The van der Waals surface area contributed by atoms with Crippen LogP contribution in [0.2, 0.25) is 0 Å². The van der Waals surface area contributed by atoms with E-state index in [0.717, 1.165) is 0 Å². The molecular formula is C11H14N2O2. The zero-order chi connectivity index (χ0) is 11.3. The van der Waals surface area contributed by atoms with E-state index in [9.17, 15) is 4.79 Å². The molecule has 2 N–H and O–H groups in total. The summed E-state index contributed by atoms with van der Waals surface area (Å²) < 4.78 is 0. The molecule has 0 radical (unpaired) electrons. The fourth-order valence-corrected chi connectivity index (χ4v) is 1.13. The van der Waals surface area contributed by atoms with E-state index in [2.05, 4.69) is 10.5 Å². The third-order valence-electron chi connectivity index (χ3n) is 1.85. The molecule has 0 aromatic heterocycles. The Morgan fingerprint density at radius 3 is 2.53 bits per heavy atom. The molecule has 1 aromatic carbocycles. The lowest BCUT2D eigenvalue weighted by Crippen LogP contribution is -2.44. The van der Waals surface area contributed by atoms with Crippen LogP contribution >= 0.6 is 0 Å². The summed E-state index contributed by atoms with van der Waals surface area (Å²) in [6.07, 6.45) is 1.27. The number of carbonyl (C=O) groups is 1. The van der Waals surface area contributed by atoms with Crippen molar-refractivity contribution in [1.82, 2.24) is 5.32 Å². The summed E-state index contributed by atoms with van der Waals surface area (Å²) in [5.74, 6) is -0.194. The van der Waals surface area contributed by atoms with Crippen LogP contribution in [0.5, 0.6) is 0 Å². The van der Waals surface area contributed by atoms with Crippen molar-refractivity contribution in [1.29, 1.82) is 0 Å². The molecule has 0 spiro atoms. The van der Waals surface area contributed by atoms with Gasteiger partial charge in [-0.15, -0.1) is 0 Å². The Morgan fingerprint density at radius 1 is 1.40 bits per heavy atom. The van der Waals surface area contributed by atoms with Crippen LogP contribution in [0.1, 0.15) is 24.2 Å². The highest BCUT2D eigenvalue weighted by molar-refractivity contribution is 5.96. The Hall–Kier alpha value is -1.84. The van der Waals surface area contributed by atoms with E-state index in [4.69, 9.17) is 5.21 Å². The quantitative estimate of drug-likeness (QED) is 0.449. The van der Waals surface area contributed by atoms with Gasteiger partial charge in [0.1, 0.15) is 0 Å². The van der Waals surface area contributed by atoms with Crippen molar-refractivity contribution in [2.75, 3.05) is 0 Å². The van der Waals surface area contributed by atoms with Crippen LogP contribution in [0, 0.1) is 0 Å². The second-order valence-electron chi connectivity index (χ2n) is 3.79. The molecule has 0 fully saturated rings. The number of hydrogen-bond donors (Lipinski definition) is 2. The zero-order valence-electron chi connectivity index (χ0n) is 8.77. The van der Waals surface area contributed by atoms with Gasteiger partial charge in [0.15, 0.2) is 0 Å². The molecule has 80 valence electrons. The normalized spacial score (nSPS) is 11.6. The average molecular weight is 206 g/mol. The monoisotopic (exact) mass is 206 g/mol. The molecule has 0 aliphatic heterocycles. The van der Waals surface area contributed by atoms with E-state index < -0.39 is 5.54 Å². The van der Waals surface area contributed by atoms with E-state index in [1.807, 2.05) is 6.07 Å². The summed E-state index contributed by atoms with van der Waals surface area (Å²) in [5, 5.41) is 14.0. The molecule has 0 atom stereocenters. The molecule has 0 unspecified atom stereocenters. The number of nitrogens with zero attached hydrogens (tertiary/aromatic N) is 1. The molecule has 0 aliphatic carbocycles. The molecule has 0 saturated heterocycles. The van der Waals surface area contributed by atoms with Gasteiger partial charge >= 0.3 is 0 Å². The summed E-state index contributed by atoms with van der Waals surface area (Å²) in [4.78, 5) is 11.7. The van der Waals surface area contributed by atoms with Crippen molar-refractivity contribution >= 4 is 12.1 Å². The third-order valence-corrected chi connectivity index (χ3v) is 1.85. The first-order valence-corrected chi connectivity index (χ1v) is 4.61. The molecule has 4 nitrogen and oxygen atoms in total. The summed E-state index contributed by atoms with van der Waals surface area (Å²) in [7, 11) is 0. The predicted molar refractivity (Wildman–Crippen MR) is 58.3 cm³/mol. The molecule has 1 rings (SSSR count). The summed E-state index contributed by atoms with van der Waals surface area (Å²) in [6, 6.07) is 8.88. The van der Waals surface area contributed by atoms with Crippen molar-refractivity contribution < 1.29 is 10.0 Å². The molecule has 4 heteroatoms. The Bertz CT molecular complexity index is 358. The maximum absolute atomic E-state index is 11.7. The smallest absolute Gasteiger partial charge is 0.251 e. The van der Waals surface area contributed by atoms with E-state index in [-0.39, 0.29) is 5.91 Å². The summed E-state index contributed by atoms with van der Waals surface area (Å²) >= 11 is 0. The molecule has 1 aromatic rings. The van der Waals surface area contributed by atoms with Crippen LogP contribution in [-0.4, -0.2) is 22.9 Å². The topological polar surface area (TPSA) is 61.7 Å². The lowest BCUT2D eigenvalue weighted by atomic mass is 10.1. The molecule has 0 saturated carbocycles. The van der Waals surface area contributed by atoms with Gasteiger partial charge in [-0.3, -0.25) is 4.79 Å². The highest BCUT2D eigenvalue weighted by Crippen LogP contribution is 2.03. The number of benzene rings is 1. The van der Waals surface area contributed by atoms with Gasteiger partial charge in [-0.2, -0.15) is 0 Å². The van der Waals surface area contributed by atoms with Gasteiger partial charge in [0.2, 0.25) is 0 Å². The van der Waals surface area contributed by atoms with Gasteiger partial charge in [-0.05, 0) is 26.0 Å². The van der Waals surface area contributed by atoms with Gasteiger partial charge in [0, 0.05) is 5.56 Å². The van der Waals surface area contributed by atoms with Crippen molar-refractivity contribution in [3.05, 3.63) is 35.9 Å². The van der Waals surface area contributed by atoms with E-state index in [1.54, 1.807) is 38.1 Å². The Balaban J connectivity index is 2.72. The molecular weight excluding hydrogens is 192 g/mol. The number of hydrogen-bond acceptors (Lipinski definition) is 3. The van der Waals surface area contributed by atoms with Gasteiger partial charge in [0.05, 0.1) is 11.8 Å². The van der Waals surface area contributed by atoms with E-state index >= 15 is 0 Å². The highest BCUT2D eigenvalue weighted by atomic mass is 16.4. The fraction of sp³-hybridized carbons (Fsp3) is 0.273. The van der Waals surface area contributed by atoms with Gasteiger partial charge < -0.3 is 10.5 Å². The maximum Gasteiger partial charge on any atom is 0.251 e. The van der Waals surface area contributed by atoms with Gasteiger partial charge in [0.25, 0.3) is 5.91 Å². The van der Waals surface area contributed by atoms with Crippen LogP contribution in [0.25, 0.3) is 0 Å². The molecule has 15 heavy (non-hydrogen) atoms. The summed E-state index contributed by atoms with van der Waals surface area (Å²) in [5.41, 5.74) is -0.0845. The predicted octanol–water partition coefficient (Wildman–Crippen LogP) is 1.66. The van der Waals surface area contributed by atoms with Crippen LogP contribution in [0.4, 0.5) is 0 Å². The second-order valence-corrected chi connectivity index (χ2v) is 3.79. The van der Waals surface area contributed by atoms with Gasteiger partial charge in [-0.25, -0.2) is 0 Å². The van der Waals surface area contributed by atoms with Crippen molar-refractivity contribution in [2.24, 2.45) is 5.16 Å². The number of oxime groups is 1. The number of amides is 1. The Labute approximate surface area is 88.6 Å². The molecule has 1 amide bonds. The van der Waals surface area contributed by atoms with Crippen molar-refractivity contribution in [3.8, 4) is 0 Å². The van der Waals surface area contributed by atoms with Crippen LogP contribution in [-0.2, 0) is 0 Å². The maximum atomic E-state index is 11.7. The van der Waals surface area contributed by atoms with Crippen LogP contribution in [0.3, 0.4) is 0 Å². The largest absolute Gasteiger partial charge is 0.411 e. The molecule has 0 bridgehead atoms. The first kappa shape index (κ1) is 11.2. The first-order chi connectivity index (χ1) is 7.05. The lowest BCUT2D eigenvalue weighted by Gasteiger charge is -2.20. The SMILES string of the molecule is CC(C)(C=NO)NC(=O)c1ccccc1. The van der Waals surface area contributed by atoms with E-state index in [1.165, 1.54) is 6.21 Å². The van der Waals surface area contributed by atoms with Crippen LogP contribution in [0.15, 0.2) is 35.5 Å². The van der Waals surface area contributed by atoms with Crippen molar-refractivity contribution in [3.63, 3.8) is 0 Å². The first-order valence-electron chi connectivity index (χ1n) is 4.61. The molecule has 0 heterocycles. The average Bonchev–Trinajstić information content (AvgIpc) is 2.18. The van der Waals surface area contributed by atoms with Crippen LogP contribution < -0.4 is 5.32 Å². The number of nitrogens with one attached hydrogen (secondary N) is 1. The zero-order valence-corrected chi connectivity index (χ0v) is 8.77. The highest BCUT2D eigenvalue weighted by Gasteiger charge is 2.18. The third kappa shape index (κ3) is 3.42. The minimum Gasteiger partial charge on any atom is -0.411 e. The second kappa shape index (κ2) is 4.59.